The summed E-state index contributed by atoms with van der Waals surface area (Å²) in [6, 6.07) is 13.4. The largest absolute Gasteiger partial charge is 0.493 e. The van der Waals surface area contributed by atoms with Crippen molar-refractivity contribution in [2.45, 2.75) is 13.3 Å². The molecule has 0 aromatic heterocycles. The number of amides is 1. The Morgan fingerprint density at radius 3 is 2.52 bits per heavy atom. The third-order valence-corrected chi connectivity index (χ3v) is 5.98. The molecule has 1 aliphatic rings. The van der Waals surface area contributed by atoms with Gasteiger partial charge in [0.25, 0.3) is 5.91 Å². The molecule has 1 saturated heterocycles. The quantitative estimate of drug-likeness (QED) is 0.215. The Bertz CT molecular complexity index is 1000. The fraction of sp³-hybridized carbons (Fsp3) is 0.250. The van der Waals surface area contributed by atoms with Crippen molar-refractivity contribution in [3.8, 4) is 17.2 Å². The molecule has 1 amide bonds. The van der Waals surface area contributed by atoms with Crippen molar-refractivity contribution in [3.63, 3.8) is 0 Å². The first-order chi connectivity index (χ1) is 15.1. The zero-order valence-corrected chi connectivity index (χ0v) is 19.3. The van der Waals surface area contributed by atoms with Crippen LogP contribution < -0.4 is 14.2 Å². The molecule has 0 spiro atoms. The van der Waals surface area contributed by atoms with Crippen LogP contribution in [0.1, 0.15) is 18.1 Å². The van der Waals surface area contributed by atoms with Crippen molar-refractivity contribution in [2.75, 3.05) is 26.9 Å². The second-order valence-electron chi connectivity index (χ2n) is 6.64. The maximum Gasteiger partial charge on any atom is 0.266 e. The fourth-order valence-corrected chi connectivity index (χ4v) is 4.45. The van der Waals surface area contributed by atoms with Gasteiger partial charge in [0.2, 0.25) is 0 Å². The Balaban J connectivity index is 1.63. The number of ether oxygens (including phenoxy) is 3. The lowest BCUT2D eigenvalue weighted by atomic mass is 10.1. The van der Waals surface area contributed by atoms with Crippen molar-refractivity contribution in [2.24, 2.45) is 0 Å². The number of carbonyl (C=O) groups is 1. The number of nitrogens with zero attached hydrogens (tertiary/aromatic N) is 1. The maximum absolute atomic E-state index is 12.5. The predicted octanol–water partition coefficient (Wildman–Crippen LogP) is 5.10. The van der Waals surface area contributed by atoms with Crippen LogP contribution in [0.5, 0.6) is 17.2 Å². The summed E-state index contributed by atoms with van der Waals surface area (Å²) in [5, 5.41) is 0. The molecule has 2 aromatic carbocycles. The first kappa shape index (κ1) is 22.9. The molecular weight excluding hydrogens is 430 g/mol. The van der Waals surface area contributed by atoms with E-state index in [1.54, 1.807) is 12.0 Å². The summed E-state index contributed by atoms with van der Waals surface area (Å²) in [4.78, 5) is 14.7. The molecule has 0 bridgehead atoms. The van der Waals surface area contributed by atoms with Crippen LogP contribution in [-0.4, -0.2) is 42.0 Å². The van der Waals surface area contributed by atoms with Crippen LogP contribution in [0.4, 0.5) is 0 Å². The highest BCUT2D eigenvalue weighted by atomic mass is 32.2. The summed E-state index contributed by atoms with van der Waals surface area (Å²) in [6.45, 7) is 6.93. The highest BCUT2D eigenvalue weighted by Gasteiger charge is 2.30. The van der Waals surface area contributed by atoms with E-state index in [1.165, 1.54) is 11.8 Å². The third-order valence-electron chi connectivity index (χ3n) is 4.60. The molecule has 0 radical (unpaired) electrons. The SMILES string of the molecule is C=CCc1ccc(OCCOc2ccccc2/C=C2\SC(=S)N(CC)C2=O)c(OC)c1. The molecule has 0 aliphatic carbocycles. The number of thioether (sulfide) groups is 1. The lowest BCUT2D eigenvalue weighted by Gasteiger charge is -2.13. The molecule has 162 valence electrons. The molecule has 1 aliphatic heterocycles. The van der Waals surface area contributed by atoms with E-state index in [0.29, 0.717) is 46.2 Å². The van der Waals surface area contributed by atoms with Crippen LogP contribution in [0.25, 0.3) is 6.08 Å². The van der Waals surface area contributed by atoms with E-state index in [2.05, 4.69) is 6.58 Å². The van der Waals surface area contributed by atoms with Gasteiger partial charge >= 0.3 is 0 Å². The number of thiocarbonyl (C=S) groups is 1. The Kier molecular flexibility index (Phi) is 8.14. The number of likely N-dealkylation sites (N-methyl/N-ethyl adjacent to an activating group) is 1. The van der Waals surface area contributed by atoms with Gasteiger partial charge in [-0.2, -0.15) is 0 Å². The van der Waals surface area contributed by atoms with E-state index in [0.717, 1.165) is 17.5 Å². The lowest BCUT2D eigenvalue weighted by molar-refractivity contribution is -0.121. The van der Waals surface area contributed by atoms with Gasteiger partial charge in [-0.1, -0.05) is 54.3 Å². The summed E-state index contributed by atoms with van der Waals surface area (Å²) < 4.78 is 17.8. The molecule has 0 saturated carbocycles. The van der Waals surface area contributed by atoms with Crippen molar-refractivity contribution in [3.05, 3.63) is 71.2 Å². The summed E-state index contributed by atoms with van der Waals surface area (Å²) in [7, 11) is 1.62. The number of para-hydroxylation sites is 1. The van der Waals surface area contributed by atoms with Gasteiger partial charge in [0.05, 0.1) is 12.0 Å². The van der Waals surface area contributed by atoms with Gasteiger partial charge in [0.1, 0.15) is 23.3 Å². The minimum absolute atomic E-state index is 0.0670. The normalized spacial score (nSPS) is 14.8. The van der Waals surface area contributed by atoms with Gasteiger partial charge in [-0.25, -0.2) is 0 Å². The minimum atomic E-state index is -0.0670. The van der Waals surface area contributed by atoms with Crippen LogP contribution in [0.15, 0.2) is 60.0 Å². The Morgan fingerprint density at radius 1 is 1.10 bits per heavy atom. The van der Waals surface area contributed by atoms with Gasteiger partial charge in [0, 0.05) is 12.1 Å². The molecular formula is C24H25NO4S2. The summed E-state index contributed by atoms with van der Waals surface area (Å²) in [5.41, 5.74) is 1.93. The second-order valence-corrected chi connectivity index (χ2v) is 8.31. The Hall–Kier alpha value is -2.77. The highest BCUT2D eigenvalue weighted by Crippen LogP contribution is 2.34. The van der Waals surface area contributed by atoms with E-state index in [1.807, 2.05) is 61.5 Å². The second kappa shape index (κ2) is 11.0. The summed E-state index contributed by atoms with van der Waals surface area (Å²) in [6.07, 6.45) is 4.45. The van der Waals surface area contributed by atoms with Crippen LogP contribution in [-0.2, 0) is 11.2 Å². The highest BCUT2D eigenvalue weighted by molar-refractivity contribution is 8.26. The van der Waals surface area contributed by atoms with Crippen LogP contribution >= 0.6 is 24.0 Å². The van der Waals surface area contributed by atoms with Crippen LogP contribution in [0.2, 0.25) is 0 Å². The molecule has 0 unspecified atom stereocenters. The number of hydrogen-bond donors (Lipinski definition) is 0. The van der Waals surface area contributed by atoms with Gasteiger partial charge in [-0.3, -0.25) is 9.69 Å². The average molecular weight is 456 g/mol. The number of hydrogen-bond acceptors (Lipinski definition) is 6. The molecule has 1 fully saturated rings. The molecule has 0 N–H and O–H groups in total. The smallest absolute Gasteiger partial charge is 0.266 e. The maximum atomic E-state index is 12.5. The first-order valence-corrected chi connectivity index (χ1v) is 11.2. The summed E-state index contributed by atoms with van der Waals surface area (Å²) >= 11 is 6.60. The zero-order chi connectivity index (χ0) is 22.2. The van der Waals surface area contributed by atoms with E-state index < -0.39 is 0 Å². The zero-order valence-electron chi connectivity index (χ0n) is 17.6. The number of benzene rings is 2. The van der Waals surface area contributed by atoms with Crippen molar-refractivity contribution in [1.82, 2.24) is 4.90 Å². The van der Waals surface area contributed by atoms with E-state index in [-0.39, 0.29) is 5.91 Å². The number of methoxy groups -OCH3 is 1. The van der Waals surface area contributed by atoms with Crippen LogP contribution in [0.3, 0.4) is 0 Å². The Labute approximate surface area is 192 Å². The fourth-order valence-electron chi connectivity index (χ4n) is 3.07. The van der Waals surface area contributed by atoms with Crippen molar-refractivity contribution >= 4 is 40.3 Å². The number of rotatable bonds is 10. The number of allylic oxidation sites excluding steroid dienone is 1. The number of carbonyl (C=O) groups excluding carboxylic acids is 1. The molecule has 2 aromatic rings. The van der Waals surface area contributed by atoms with Crippen LogP contribution in [0, 0.1) is 0 Å². The van der Waals surface area contributed by atoms with E-state index in [9.17, 15) is 4.79 Å². The average Bonchev–Trinajstić information content (AvgIpc) is 3.05. The topological polar surface area (TPSA) is 48.0 Å². The standard InChI is InChI=1S/C24H25NO4S2/c1-4-8-17-11-12-20(21(15-17)27-3)29-14-13-28-19-10-7-6-9-18(19)16-22-23(26)25(5-2)24(30)31-22/h4,6-7,9-12,15-16H,1,5,8,13-14H2,2-3H3/b22-16-. The van der Waals surface area contributed by atoms with Gasteiger partial charge in [-0.05, 0) is 43.2 Å². The molecule has 3 rings (SSSR count). The molecule has 31 heavy (non-hydrogen) atoms. The third kappa shape index (κ3) is 5.68. The minimum Gasteiger partial charge on any atom is -0.493 e. The first-order valence-electron chi connectivity index (χ1n) is 9.95. The molecule has 5 nitrogen and oxygen atoms in total. The van der Waals surface area contributed by atoms with E-state index in [4.69, 9.17) is 26.4 Å². The van der Waals surface area contributed by atoms with Gasteiger partial charge in [0.15, 0.2) is 11.5 Å². The molecule has 1 heterocycles. The lowest BCUT2D eigenvalue weighted by Crippen LogP contribution is -2.27. The van der Waals surface area contributed by atoms with Gasteiger partial charge < -0.3 is 14.2 Å². The van der Waals surface area contributed by atoms with Gasteiger partial charge in [-0.15, -0.1) is 6.58 Å². The summed E-state index contributed by atoms with van der Waals surface area (Å²) in [5.74, 6) is 1.96. The van der Waals surface area contributed by atoms with Crippen molar-refractivity contribution in [1.29, 1.82) is 0 Å². The Morgan fingerprint density at radius 2 is 1.84 bits per heavy atom. The monoisotopic (exact) mass is 455 g/mol. The van der Waals surface area contributed by atoms with Crippen molar-refractivity contribution < 1.29 is 19.0 Å². The van der Waals surface area contributed by atoms with E-state index >= 15 is 0 Å². The molecule has 0 atom stereocenters. The molecule has 7 heteroatoms. The predicted molar refractivity (Wildman–Crippen MR) is 130 cm³/mol.